The molecule has 0 fully saturated rings. The van der Waals surface area contributed by atoms with Crippen molar-refractivity contribution in [1.82, 2.24) is 20.4 Å². The molecule has 3 aromatic rings. The van der Waals surface area contributed by atoms with E-state index in [4.69, 9.17) is 9.84 Å². The summed E-state index contributed by atoms with van der Waals surface area (Å²) in [6, 6.07) is 16.2. The van der Waals surface area contributed by atoms with Crippen LogP contribution in [0.1, 0.15) is 33.1 Å². The standard InChI is InChI=1S/C25H24N4O5/c1-29-22(20(13-28-29)24(32)26-12-6-11-23(30)31)14-27-25(33)34-15-21-18-9-4-2-7-16(18)17-8-3-5-10-19(17)21/h2-11,13,21H,12,14-15H2,1H3,(H,26,32)(H,27,33)(H,30,31)/b11-6+. The molecule has 0 saturated heterocycles. The minimum absolute atomic E-state index is 0.0426. The van der Waals surface area contributed by atoms with E-state index in [1.54, 1.807) is 7.05 Å². The van der Waals surface area contributed by atoms with Crippen molar-refractivity contribution in [3.05, 3.63) is 89.3 Å². The Morgan fingerprint density at radius 3 is 2.35 bits per heavy atom. The number of benzene rings is 2. The fraction of sp³-hybridized carbons (Fsp3) is 0.200. The first-order valence-electron chi connectivity index (χ1n) is 10.7. The molecule has 34 heavy (non-hydrogen) atoms. The first-order valence-corrected chi connectivity index (χ1v) is 10.7. The SMILES string of the molecule is Cn1ncc(C(=O)NC/C=C/C(=O)O)c1CNC(=O)OCC1c2ccccc2-c2ccccc21. The third-order valence-corrected chi connectivity index (χ3v) is 5.69. The number of aromatic nitrogens is 2. The summed E-state index contributed by atoms with van der Waals surface area (Å²) >= 11 is 0. The van der Waals surface area contributed by atoms with E-state index in [0.29, 0.717) is 5.69 Å². The highest BCUT2D eigenvalue weighted by molar-refractivity contribution is 5.95. The molecule has 174 valence electrons. The predicted molar refractivity (Wildman–Crippen MR) is 124 cm³/mol. The lowest BCUT2D eigenvalue weighted by Gasteiger charge is -2.15. The van der Waals surface area contributed by atoms with Gasteiger partial charge in [0, 0.05) is 25.6 Å². The van der Waals surface area contributed by atoms with Crippen molar-refractivity contribution in [3.63, 3.8) is 0 Å². The van der Waals surface area contributed by atoms with E-state index >= 15 is 0 Å². The Balaban J connectivity index is 1.35. The number of carboxylic acid groups (broad SMARTS) is 1. The van der Waals surface area contributed by atoms with Gasteiger partial charge in [0.05, 0.1) is 24.0 Å². The van der Waals surface area contributed by atoms with Crippen molar-refractivity contribution in [2.45, 2.75) is 12.5 Å². The van der Waals surface area contributed by atoms with Gasteiger partial charge in [0.1, 0.15) is 6.61 Å². The zero-order chi connectivity index (χ0) is 24.1. The molecule has 4 rings (SSSR count). The molecule has 1 aromatic heterocycles. The zero-order valence-electron chi connectivity index (χ0n) is 18.5. The molecule has 0 aliphatic heterocycles. The molecule has 0 saturated carbocycles. The summed E-state index contributed by atoms with van der Waals surface area (Å²) in [7, 11) is 1.66. The Morgan fingerprint density at radius 1 is 1.06 bits per heavy atom. The molecule has 9 heteroatoms. The number of nitrogens with one attached hydrogen (secondary N) is 2. The van der Waals surface area contributed by atoms with Crippen LogP contribution in [0.3, 0.4) is 0 Å². The summed E-state index contributed by atoms with van der Waals surface area (Å²) in [6.07, 6.45) is 3.07. The van der Waals surface area contributed by atoms with Gasteiger partial charge in [-0.1, -0.05) is 54.6 Å². The Morgan fingerprint density at radius 2 is 1.71 bits per heavy atom. The van der Waals surface area contributed by atoms with Crippen LogP contribution in [-0.4, -0.2) is 46.0 Å². The van der Waals surface area contributed by atoms with Gasteiger partial charge in [0.2, 0.25) is 0 Å². The van der Waals surface area contributed by atoms with E-state index in [0.717, 1.165) is 28.3 Å². The van der Waals surface area contributed by atoms with E-state index in [-0.39, 0.29) is 31.2 Å². The maximum absolute atomic E-state index is 12.5. The number of hydrogen-bond donors (Lipinski definition) is 3. The average molecular weight is 460 g/mol. The van der Waals surface area contributed by atoms with E-state index in [1.807, 2.05) is 36.4 Å². The van der Waals surface area contributed by atoms with Crippen LogP contribution < -0.4 is 10.6 Å². The third-order valence-electron chi connectivity index (χ3n) is 5.69. The van der Waals surface area contributed by atoms with Crippen LogP contribution in [0.5, 0.6) is 0 Å². The Bertz CT molecular complexity index is 1220. The minimum atomic E-state index is -1.09. The Kier molecular flexibility index (Phi) is 6.72. The van der Waals surface area contributed by atoms with Crippen molar-refractivity contribution in [3.8, 4) is 11.1 Å². The normalized spacial score (nSPS) is 12.3. The molecule has 0 unspecified atom stereocenters. The number of hydrogen-bond acceptors (Lipinski definition) is 5. The summed E-state index contributed by atoms with van der Waals surface area (Å²) < 4.78 is 7.03. The molecule has 3 N–H and O–H groups in total. The summed E-state index contributed by atoms with van der Waals surface area (Å²) in [4.78, 5) is 35.4. The molecular formula is C25H24N4O5. The molecule has 0 bridgehead atoms. The number of aliphatic carboxylic acids is 1. The van der Waals surface area contributed by atoms with Crippen LogP contribution in [0.15, 0.2) is 66.9 Å². The van der Waals surface area contributed by atoms with Gasteiger partial charge in [-0.3, -0.25) is 9.48 Å². The molecule has 2 aromatic carbocycles. The van der Waals surface area contributed by atoms with Gasteiger partial charge < -0.3 is 20.5 Å². The number of alkyl carbamates (subject to hydrolysis) is 1. The number of aryl methyl sites for hydroxylation is 1. The van der Waals surface area contributed by atoms with E-state index < -0.39 is 18.0 Å². The number of nitrogens with zero attached hydrogens (tertiary/aromatic N) is 2. The summed E-state index contributed by atoms with van der Waals surface area (Å²) in [5.41, 5.74) is 5.32. The van der Waals surface area contributed by atoms with Gasteiger partial charge in [0.15, 0.2) is 0 Å². The van der Waals surface area contributed by atoms with Crippen molar-refractivity contribution in [2.24, 2.45) is 7.05 Å². The van der Waals surface area contributed by atoms with Crippen molar-refractivity contribution in [2.75, 3.05) is 13.2 Å². The van der Waals surface area contributed by atoms with Gasteiger partial charge in [0.25, 0.3) is 5.91 Å². The molecule has 0 atom stereocenters. The van der Waals surface area contributed by atoms with Crippen molar-refractivity contribution in [1.29, 1.82) is 0 Å². The number of carbonyl (C=O) groups is 3. The van der Waals surface area contributed by atoms with Crippen LogP contribution in [0, 0.1) is 0 Å². The molecule has 1 aliphatic rings. The van der Waals surface area contributed by atoms with E-state index in [2.05, 4.69) is 27.9 Å². The number of carbonyl (C=O) groups excluding carboxylic acids is 2. The smallest absolute Gasteiger partial charge is 0.407 e. The Labute approximate surface area is 196 Å². The summed E-state index contributed by atoms with van der Waals surface area (Å²) in [5.74, 6) is -1.56. The molecule has 2 amide bonds. The highest BCUT2D eigenvalue weighted by Crippen LogP contribution is 2.44. The number of ether oxygens (including phenoxy) is 1. The molecule has 1 heterocycles. The number of amides is 2. The van der Waals surface area contributed by atoms with Crippen molar-refractivity contribution < 1.29 is 24.2 Å². The second kappa shape index (κ2) is 10.0. The number of fused-ring (bicyclic) bond motifs is 3. The maximum atomic E-state index is 12.5. The van der Waals surface area contributed by atoms with E-state index in [9.17, 15) is 14.4 Å². The quantitative estimate of drug-likeness (QED) is 0.444. The zero-order valence-corrected chi connectivity index (χ0v) is 18.5. The fourth-order valence-corrected chi connectivity index (χ4v) is 4.07. The number of carboxylic acids is 1. The monoisotopic (exact) mass is 460 g/mol. The lowest BCUT2D eigenvalue weighted by Crippen LogP contribution is -2.29. The highest BCUT2D eigenvalue weighted by atomic mass is 16.5. The minimum Gasteiger partial charge on any atom is -0.478 e. The van der Waals surface area contributed by atoms with Crippen LogP contribution in [0.2, 0.25) is 0 Å². The molecule has 0 radical (unpaired) electrons. The second-order valence-corrected chi connectivity index (χ2v) is 7.76. The second-order valence-electron chi connectivity index (χ2n) is 7.76. The summed E-state index contributed by atoms with van der Waals surface area (Å²) in [6.45, 7) is 0.286. The van der Waals surface area contributed by atoms with Gasteiger partial charge in [-0.05, 0) is 22.3 Å². The van der Waals surface area contributed by atoms with Crippen LogP contribution >= 0.6 is 0 Å². The molecule has 9 nitrogen and oxygen atoms in total. The predicted octanol–water partition coefficient (Wildman–Crippen LogP) is 2.83. The maximum Gasteiger partial charge on any atom is 0.407 e. The van der Waals surface area contributed by atoms with Gasteiger partial charge in [-0.2, -0.15) is 5.10 Å². The summed E-state index contributed by atoms with van der Waals surface area (Å²) in [5, 5.41) is 18.0. The molecule has 0 spiro atoms. The first-order chi connectivity index (χ1) is 16.5. The van der Waals surface area contributed by atoms with Crippen LogP contribution in [0.25, 0.3) is 11.1 Å². The Hall–Kier alpha value is -4.40. The van der Waals surface area contributed by atoms with Gasteiger partial charge in [-0.15, -0.1) is 0 Å². The van der Waals surface area contributed by atoms with Gasteiger partial charge >= 0.3 is 12.1 Å². The average Bonchev–Trinajstić information content (AvgIpc) is 3.36. The topological polar surface area (TPSA) is 123 Å². The third kappa shape index (κ3) is 4.83. The van der Waals surface area contributed by atoms with Crippen molar-refractivity contribution >= 4 is 18.0 Å². The first kappa shape index (κ1) is 22.8. The van der Waals surface area contributed by atoms with Gasteiger partial charge in [-0.25, -0.2) is 9.59 Å². The van der Waals surface area contributed by atoms with E-state index in [1.165, 1.54) is 17.0 Å². The lowest BCUT2D eigenvalue weighted by molar-refractivity contribution is -0.131. The van der Waals surface area contributed by atoms with Crippen LogP contribution in [0.4, 0.5) is 4.79 Å². The molecular weight excluding hydrogens is 436 g/mol. The molecule has 1 aliphatic carbocycles. The highest BCUT2D eigenvalue weighted by Gasteiger charge is 2.29. The fourth-order valence-electron chi connectivity index (χ4n) is 4.07. The number of rotatable bonds is 8. The lowest BCUT2D eigenvalue weighted by atomic mass is 9.98. The largest absolute Gasteiger partial charge is 0.478 e. The van der Waals surface area contributed by atoms with Crippen LogP contribution in [-0.2, 0) is 23.1 Å².